The molecule has 2 atom stereocenters. The first kappa shape index (κ1) is 6.05. The third-order valence-electron chi connectivity index (χ3n) is 1.94. The van der Waals surface area contributed by atoms with E-state index in [0.29, 0.717) is 12.1 Å². The third-order valence-corrected chi connectivity index (χ3v) is 1.94. The molecule has 8 heavy (non-hydrogen) atoms. The minimum atomic E-state index is 0.417. The Hall–Kier alpha value is -0.0800. The predicted molar refractivity (Wildman–Crippen MR) is 34.7 cm³/mol. The van der Waals surface area contributed by atoms with Gasteiger partial charge >= 0.3 is 0 Å². The van der Waals surface area contributed by atoms with Crippen LogP contribution in [-0.4, -0.2) is 19.1 Å². The zero-order valence-electron chi connectivity index (χ0n) is 5.35. The van der Waals surface area contributed by atoms with E-state index in [0.717, 1.165) is 0 Å². The summed E-state index contributed by atoms with van der Waals surface area (Å²) in [6.07, 6.45) is 3.76. The summed E-state index contributed by atoms with van der Waals surface area (Å²) in [7, 11) is 1.98. The Kier molecular flexibility index (Phi) is 1.86. The minimum Gasteiger partial charge on any atom is -0.326 e. The van der Waals surface area contributed by atoms with Gasteiger partial charge in [-0.2, -0.15) is 0 Å². The van der Waals surface area contributed by atoms with Crippen LogP contribution in [-0.2, 0) is 0 Å². The molecular weight excluding hydrogens is 100 g/mol. The molecule has 0 amide bonds. The van der Waals surface area contributed by atoms with Crippen molar-refractivity contribution in [3.05, 3.63) is 0 Å². The van der Waals surface area contributed by atoms with Crippen molar-refractivity contribution in [3.8, 4) is 0 Å². The molecule has 0 heterocycles. The summed E-state index contributed by atoms with van der Waals surface area (Å²) in [6, 6.07) is 1.01. The average Bonchev–Trinajstić information content (AvgIpc) is 2.14. The predicted octanol–water partition coefficient (Wildman–Crippen LogP) is 0.0856. The van der Waals surface area contributed by atoms with Crippen LogP contribution in [0.3, 0.4) is 0 Å². The van der Waals surface area contributed by atoms with Crippen LogP contribution in [0.15, 0.2) is 0 Å². The summed E-state index contributed by atoms with van der Waals surface area (Å²) in [5.74, 6) is 0. The maximum absolute atomic E-state index is 5.73. The molecule has 2 heteroatoms. The van der Waals surface area contributed by atoms with Gasteiger partial charge in [-0.1, -0.05) is 6.42 Å². The lowest BCUT2D eigenvalue weighted by Crippen LogP contribution is -2.38. The fourth-order valence-electron chi connectivity index (χ4n) is 1.35. The largest absolute Gasteiger partial charge is 0.326 e. The average molecular weight is 114 g/mol. The van der Waals surface area contributed by atoms with E-state index in [2.05, 4.69) is 5.32 Å². The Morgan fingerprint density at radius 2 is 2.25 bits per heavy atom. The second kappa shape index (κ2) is 2.46. The molecule has 0 aromatic heterocycles. The molecule has 0 spiro atoms. The SMILES string of the molecule is CNC1CCC[C@@H]1N. The second-order valence-electron chi connectivity index (χ2n) is 2.49. The standard InChI is InChI=1S/C6H14N2/c1-8-6-4-2-3-5(6)7/h5-6,8H,2-4,7H2,1H3/t5-,6?/m0/s1. The smallest absolute Gasteiger partial charge is 0.0216 e. The van der Waals surface area contributed by atoms with E-state index < -0.39 is 0 Å². The Bertz CT molecular complexity index is 72.9. The van der Waals surface area contributed by atoms with Crippen molar-refractivity contribution in [2.24, 2.45) is 5.73 Å². The molecule has 0 aliphatic heterocycles. The van der Waals surface area contributed by atoms with E-state index >= 15 is 0 Å². The molecule has 1 unspecified atom stereocenters. The van der Waals surface area contributed by atoms with Gasteiger partial charge in [-0.3, -0.25) is 0 Å². The lowest BCUT2D eigenvalue weighted by molar-refractivity contribution is 0.518. The lowest BCUT2D eigenvalue weighted by Gasteiger charge is -2.12. The minimum absolute atomic E-state index is 0.417. The van der Waals surface area contributed by atoms with Gasteiger partial charge in [0.1, 0.15) is 0 Å². The van der Waals surface area contributed by atoms with E-state index in [1.54, 1.807) is 0 Å². The van der Waals surface area contributed by atoms with Crippen LogP contribution in [0.2, 0.25) is 0 Å². The van der Waals surface area contributed by atoms with E-state index in [1.165, 1.54) is 19.3 Å². The van der Waals surface area contributed by atoms with Gasteiger partial charge in [-0.05, 0) is 19.9 Å². The van der Waals surface area contributed by atoms with Crippen LogP contribution >= 0.6 is 0 Å². The highest BCUT2D eigenvalue weighted by atomic mass is 14.9. The first-order valence-electron chi connectivity index (χ1n) is 3.27. The van der Waals surface area contributed by atoms with Crippen molar-refractivity contribution < 1.29 is 0 Å². The summed E-state index contributed by atoms with van der Waals surface area (Å²) in [6.45, 7) is 0. The van der Waals surface area contributed by atoms with Gasteiger partial charge in [0.2, 0.25) is 0 Å². The van der Waals surface area contributed by atoms with E-state index in [4.69, 9.17) is 5.73 Å². The number of likely N-dealkylation sites (N-methyl/N-ethyl adjacent to an activating group) is 1. The fraction of sp³-hybridized carbons (Fsp3) is 1.00. The number of nitrogens with two attached hydrogens (primary N) is 1. The van der Waals surface area contributed by atoms with E-state index in [9.17, 15) is 0 Å². The molecule has 0 aromatic carbocycles. The normalized spacial score (nSPS) is 38.2. The van der Waals surface area contributed by atoms with Crippen molar-refractivity contribution >= 4 is 0 Å². The molecular formula is C6H14N2. The molecule has 0 radical (unpaired) electrons. The molecule has 1 fully saturated rings. The van der Waals surface area contributed by atoms with Gasteiger partial charge in [0, 0.05) is 12.1 Å². The quantitative estimate of drug-likeness (QED) is 0.507. The third kappa shape index (κ3) is 1.01. The maximum atomic E-state index is 5.73. The van der Waals surface area contributed by atoms with Crippen LogP contribution in [0.1, 0.15) is 19.3 Å². The molecule has 3 N–H and O–H groups in total. The summed E-state index contributed by atoms with van der Waals surface area (Å²) in [5, 5.41) is 3.19. The fourth-order valence-corrected chi connectivity index (χ4v) is 1.35. The molecule has 48 valence electrons. The van der Waals surface area contributed by atoms with Crippen LogP contribution in [0.4, 0.5) is 0 Å². The summed E-state index contributed by atoms with van der Waals surface area (Å²) >= 11 is 0. The highest BCUT2D eigenvalue weighted by Crippen LogP contribution is 2.15. The zero-order chi connectivity index (χ0) is 5.98. The van der Waals surface area contributed by atoms with Crippen molar-refractivity contribution in [2.45, 2.75) is 31.3 Å². The topological polar surface area (TPSA) is 38.0 Å². The van der Waals surface area contributed by atoms with Gasteiger partial charge in [-0.15, -0.1) is 0 Å². The Morgan fingerprint density at radius 1 is 1.50 bits per heavy atom. The number of hydrogen-bond donors (Lipinski definition) is 2. The van der Waals surface area contributed by atoms with Gasteiger partial charge < -0.3 is 11.1 Å². The first-order chi connectivity index (χ1) is 3.84. The molecule has 0 aromatic rings. The van der Waals surface area contributed by atoms with Crippen LogP contribution < -0.4 is 11.1 Å². The van der Waals surface area contributed by atoms with Crippen molar-refractivity contribution in [1.29, 1.82) is 0 Å². The maximum Gasteiger partial charge on any atom is 0.0216 e. The Balaban J connectivity index is 2.30. The summed E-state index contributed by atoms with van der Waals surface area (Å²) in [5.41, 5.74) is 5.73. The van der Waals surface area contributed by atoms with E-state index in [1.807, 2.05) is 7.05 Å². The molecule has 1 aliphatic rings. The Morgan fingerprint density at radius 3 is 2.50 bits per heavy atom. The number of nitrogens with one attached hydrogen (secondary N) is 1. The molecule has 1 saturated carbocycles. The second-order valence-corrected chi connectivity index (χ2v) is 2.49. The molecule has 1 rings (SSSR count). The van der Waals surface area contributed by atoms with Crippen LogP contribution in [0, 0.1) is 0 Å². The summed E-state index contributed by atoms with van der Waals surface area (Å²) in [4.78, 5) is 0. The Labute approximate surface area is 50.4 Å². The molecule has 2 nitrogen and oxygen atoms in total. The molecule has 1 aliphatic carbocycles. The monoisotopic (exact) mass is 114 g/mol. The lowest BCUT2D eigenvalue weighted by atomic mass is 10.2. The van der Waals surface area contributed by atoms with E-state index in [-0.39, 0.29) is 0 Å². The van der Waals surface area contributed by atoms with Gasteiger partial charge in [-0.25, -0.2) is 0 Å². The van der Waals surface area contributed by atoms with Gasteiger partial charge in [0.05, 0.1) is 0 Å². The number of hydrogen-bond acceptors (Lipinski definition) is 2. The van der Waals surface area contributed by atoms with Crippen molar-refractivity contribution in [2.75, 3.05) is 7.05 Å². The van der Waals surface area contributed by atoms with Crippen molar-refractivity contribution in [3.63, 3.8) is 0 Å². The molecule has 0 saturated heterocycles. The number of rotatable bonds is 1. The summed E-state index contributed by atoms with van der Waals surface area (Å²) < 4.78 is 0. The van der Waals surface area contributed by atoms with Gasteiger partial charge in [0.25, 0.3) is 0 Å². The highest BCUT2D eigenvalue weighted by Gasteiger charge is 2.21. The highest BCUT2D eigenvalue weighted by molar-refractivity contribution is 4.84. The first-order valence-corrected chi connectivity index (χ1v) is 3.27. The van der Waals surface area contributed by atoms with Crippen molar-refractivity contribution in [1.82, 2.24) is 5.32 Å². The van der Waals surface area contributed by atoms with Gasteiger partial charge in [0.15, 0.2) is 0 Å². The van der Waals surface area contributed by atoms with Crippen LogP contribution in [0.25, 0.3) is 0 Å². The molecule has 0 bridgehead atoms. The zero-order valence-corrected chi connectivity index (χ0v) is 5.35. The van der Waals surface area contributed by atoms with Crippen LogP contribution in [0.5, 0.6) is 0 Å².